The number of carbonyl (C=O) groups excluding carboxylic acids is 1. The van der Waals surface area contributed by atoms with Crippen LogP contribution in [0.3, 0.4) is 0 Å². The molecule has 0 aliphatic carbocycles. The normalized spacial score (nSPS) is 19.1. The van der Waals surface area contributed by atoms with Crippen molar-refractivity contribution in [2.75, 3.05) is 6.61 Å². The van der Waals surface area contributed by atoms with Crippen LogP contribution in [0.15, 0.2) is 142 Å². The van der Waals surface area contributed by atoms with Gasteiger partial charge in [-0.2, -0.15) is 0 Å². The zero-order valence-electron chi connectivity index (χ0n) is 25.4. The first-order chi connectivity index (χ1) is 22.9. The number of esters is 1. The van der Waals surface area contributed by atoms with Gasteiger partial charge in [0, 0.05) is 16.7 Å². The predicted molar refractivity (Wildman–Crippen MR) is 174 cm³/mol. The Morgan fingerprint density at radius 3 is 1.89 bits per heavy atom. The van der Waals surface area contributed by atoms with E-state index in [1.807, 2.05) is 91.0 Å². The van der Waals surface area contributed by atoms with Crippen molar-refractivity contribution in [2.45, 2.75) is 37.0 Å². The molecule has 236 valence electrons. The number of aromatic nitrogens is 2. The smallest absolute Gasteiger partial charge is 0.338 e. The van der Waals surface area contributed by atoms with Crippen LogP contribution in [0, 0.1) is 6.92 Å². The zero-order chi connectivity index (χ0) is 32.8. The van der Waals surface area contributed by atoms with E-state index in [1.54, 1.807) is 30.3 Å². The van der Waals surface area contributed by atoms with Gasteiger partial charge < -0.3 is 14.2 Å². The van der Waals surface area contributed by atoms with Gasteiger partial charge in [0.05, 0.1) is 12.2 Å². The largest absolute Gasteiger partial charge is 0.455 e. The third kappa shape index (κ3) is 6.23. The minimum Gasteiger partial charge on any atom is -0.455 e. The van der Waals surface area contributed by atoms with Crippen molar-refractivity contribution in [1.29, 1.82) is 0 Å². The minimum atomic E-state index is -1.23. The van der Waals surface area contributed by atoms with E-state index >= 15 is 0 Å². The fourth-order valence-corrected chi connectivity index (χ4v) is 5.93. The summed E-state index contributed by atoms with van der Waals surface area (Å²) < 4.78 is 20.5. The van der Waals surface area contributed by atoms with E-state index in [-0.39, 0.29) is 17.7 Å². The van der Waals surface area contributed by atoms with Crippen LogP contribution in [0.2, 0.25) is 0 Å². The molecule has 1 aromatic heterocycles. The lowest BCUT2D eigenvalue weighted by Crippen LogP contribution is -2.41. The minimum absolute atomic E-state index is 0.156. The number of rotatable bonds is 10. The van der Waals surface area contributed by atoms with Gasteiger partial charge in [-0.15, -0.1) is 0 Å². The number of H-pyrrole nitrogens is 1. The monoisotopic (exact) mass is 629 g/mol. The van der Waals surface area contributed by atoms with Gasteiger partial charge in [0.15, 0.2) is 6.23 Å². The summed E-state index contributed by atoms with van der Waals surface area (Å²) in [4.78, 5) is 43.9. The van der Waals surface area contributed by atoms with Gasteiger partial charge in [0.1, 0.15) is 23.9 Å². The molecule has 1 N–H and O–H groups in total. The van der Waals surface area contributed by atoms with E-state index < -0.39 is 47.3 Å². The SMILES string of the molecule is Cc1cn([C@@H]2O[C@H](COC(c3ccccc3)(c3ccccc3)c3ccccc3)[C@@H](OC(=O)c3ccccc3)[C@H]2N=[N+]=[N-])c(=O)[nH]c1=O. The van der Waals surface area contributed by atoms with Gasteiger partial charge in [0.2, 0.25) is 0 Å². The van der Waals surface area contributed by atoms with Crippen molar-refractivity contribution in [1.82, 2.24) is 9.55 Å². The molecule has 4 aromatic carbocycles. The van der Waals surface area contributed by atoms with E-state index in [4.69, 9.17) is 14.2 Å². The van der Waals surface area contributed by atoms with Gasteiger partial charge >= 0.3 is 11.7 Å². The Kier molecular flexibility index (Phi) is 9.12. The molecule has 5 aromatic rings. The number of benzene rings is 4. The van der Waals surface area contributed by atoms with E-state index in [9.17, 15) is 19.9 Å². The number of hydrogen-bond acceptors (Lipinski definition) is 7. The van der Waals surface area contributed by atoms with Gasteiger partial charge in [-0.25, -0.2) is 9.59 Å². The number of hydrogen-bond donors (Lipinski definition) is 1. The maximum absolute atomic E-state index is 13.4. The molecule has 0 saturated carbocycles. The highest BCUT2D eigenvalue weighted by molar-refractivity contribution is 5.89. The summed E-state index contributed by atoms with van der Waals surface area (Å²) >= 11 is 0. The molecule has 11 heteroatoms. The molecule has 4 atom stereocenters. The Hall–Kier alpha value is -5.74. The van der Waals surface area contributed by atoms with E-state index in [1.165, 1.54) is 13.1 Å². The molecule has 0 radical (unpaired) electrons. The molecule has 0 bridgehead atoms. The third-order valence-electron chi connectivity index (χ3n) is 8.17. The highest BCUT2D eigenvalue weighted by atomic mass is 16.6. The molecule has 6 rings (SSSR count). The van der Waals surface area contributed by atoms with E-state index in [0.29, 0.717) is 0 Å². The molecule has 1 aliphatic rings. The topological polar surface area (TPSA) is 148 Å². The van der Waals surface area contributed by atoms with Crippen LogP contribution >= 0.6 is 0 Å². The number of azide groups is 1. The fourth-order valence-electron chi connectivity index (χ4n) is 5.93. The molecule has 2 heterocycles. The van der Waals surface area contributed by atoms with Crippen molar-refractivity contribution < 1.29 is 19.0 Å². The molecule has 1 fully saturated rings. The quantitative estimate of drug-likeness (QED) is 0.0693. The second-order valence-corrected chi connectivity index (χ2v) is 11.1. The molecular formula is C36H31N5O6. The van der Waals surface area contributed by atoms with Crippen LogP contribution in [-0.2, 0) is 19.8 Å². The maximum atomic E-state index is 13.4. The Labute approximate surface area is 269 Å². The lowest BCUT2D eigenvalue weighted by molar-refractivity contribution is -0.0968. The van der Waals surface area contributed by atoms with Gasteiger partial charge in [0.25, 0.3) is 5.56 Å². The van der Waals surface area contributed by atoms with Crippen molar-refractivity contribution in [3.8, 4) is 0 Å². The van der Waals surface area contributed by atoms with Crippen LogP contribution < -0.4 is 11.2 Å². The standard InChI is InChI=1S/C36H31N5O6/c1-24-22-41(35(44)38-32(24)42)33-30(39-40-37)31(47-34(43)25-14-6-2-7-15-25)29(46-33)23-45-36(26-16-8-3-9-17-26,27-18-10-4-11-19-27)28-20-12-5-13-21-28/h2-22,29-31,33H,23H2,1H3,(H,38,42,44)/t29-,30-,31-,33-/m1/s1. The van der Waals surface area contributed by atoms with E-state index in [2.05, 4.69) is 15.0 Å². The van der Waals surface area contributed by atoms with Crippen LogP contribution in [0.25, 0.3) is 10.4 Å². The summed E-state index contributed by atoms with van der Waals surface area (Å²) in [6.45, 7) is 1.38. The molecule has 0 amide bonds. The number of aromatic amines is 1. The van der Waals surface area contributed by atoms with Crippen molar-refractivity contribution in [3.05, 3.63) is 187 Å². The highest BCUT2D eigenvalue weighted by Crippen LogP contribution is 2.42. The number of ether oxygens (including phenoxy) is 3. The van der Waals surface area contributed by atoms with Crippen molar-refractivity contribution >= 4 is 5.97 Å². The molecule has 1 saturated heterocycles. The second-order valence-electron chi connectivity index (χ2n) is 11.1. The van der Waals surface area contributed by atoms with Crippen LogP contribution in [0.1, 0.15) is 38.8 Å². The molecule has 47 heavy (non-hydrogen) atoms. The van der Waals surface area contributed by atoms with Crippen LogP contribution in [-0.4, -0.2) is 40.4 Å². The Balaban J connectivity index is 1.46. The van der Waals surface area contributed by atoms with Crippen molar-refractivity contribution in [3.63, 3.8) is 0 Å². The second kappa shape index (κ2) is 13.7. The molecule has 1 aliphatic heterocycles. The first kappa shape index (κ1) is 31.3. The molecular weight excluding hydrogens is 598 g/mol. The number of nitrogens with zero attached hydrogens (tertiary/aromatic N) is 4. The average molecular weight is 630 g/mol. The summed E-state index contributed by atoms with van der Waals surface area (Å²) in [6.07, 6.45) is -2.09. The summed E-state index contributed by atoms with van der Waals surface area (Å²) in [5.74, 6) is -0.673. The number of aryl methyl sites for hydroxylation is 1. The average Bonchev–Trinajstić information content (AvgIpc) is 3.44. The van der Waals surface area contributed by atoms with Gasteiger partial charge in [-0.05, 0) is 41.3 Å². The van der Waals surface area contributed by atoms with Crippen LogP contribution in [0.5, 0.6) is 0 Å². The Morgan fingerprint density at radius 2 is 1.38 bits per heavy atom. The lowest BCUT2D eigenvalue weighted by Gasteiger charge is -2.37. The molecule has 11 nitrogen and oxygen atoms in total. The van der Waals surface area contributed by atoms with E-state index in [0.717, 1.165) is 21.3 Å². The van der Waals surface area contributed by atoms with Gasteiger partial charge in [-0.3, -0.25) is 14.3 Å². The highest BCUT2D eigenvalue weighted by Gasteiger charge is 2.50. The summed E-state index contributed by atoms with van der Waals surface area (Å²) in [5.41, 5.74) is 10.2. The number of carbonyl (C=O) groups is 1. The summed E-state index contributed by atoms with van der Waals surface area (Å²) in [6, 6.07) is 36.3. The maximum Gasteiger partial charge on any atom is 0.338 e. The molecule has 0 unspecified atom stereocenters. The predicted octanol–water partition coefficient (Wildman–Crippen LogP) is 5.66. The lowest BCUT2D eigenvalue weighted by atomic mass is 9.80. The fraction of sp³-hybridized carbons (Fsp3) is 0.194. The first-order valence-corrected chi connectivity index (χ1v) is 15.0. The van der Waals surface area contributed by atoms with Crippen molar-refractivity contribution in [2.24, 2.45) is 5.11 Å². The summed E-state index contributed by atoms with van der Waals surface area (Å²) in [7, 11) is 0. The zero-order valence-corrected chi connectivity index (χ0v) is 25.4. The Morgan fingerprint density at radius 1 is 0.872 bits per heavy atom. The molecule has 0 spiro atoms. The summed E-state index contributed by atoms with van der Waals surface area (Å²) in [5, 5.41) is 3.94. The third-order valence-corrected chi connectivity index (χ3v) is 8.17. The number of nitrogens with one attached hydrogen (secondary N) is 1. The van der Waals surface area contributed by atoms with Gasteiger partial charge in [-0.1, -0.05) is 114 Å². The Bertz CT molecular complexity index is 1900. The first-order valence-electron chi connectivity index (χ1n) is 15.0. The van der Waals surface area contributed by atoms with Crippen LogP contribution in [0.4, 0.5) is 0 Å².